The van der Waals surface area contributed by atoms with Gasteiger partial charge in [-0.1, -0.05) is 0 Å². The molecule has 1 aromatic carbocycles. The highest BCUT2D eigenvalue weighted by molar-refractivity contribution is 7.92. The third kappa shape index (κ3) is 4.67. The summed E-state index contributed by atoms with van der Waals surface area (Å²) >= 11 is 0. The van der Waals surface area contributed by atoms with Crippen LogP contribution in [0.4, 0.5) is 14.6 Å². The van der Waals surface area contributed by atoms with Crippen LogP contribution in [0.1, 0.15) is 61.3 Å². The van der Waals surface area contributed by atoms with Gasteiger partial charge < -0.3 is 24.5 Å². The number of alkyl halides is 2. The average molecular weight is 640 g/mol. The molecule has 3 aromatic heterocycles. The largest absolute Gasteiger partial charge is 0.494 e. The summed E-state index contributed by atoms with van der Waals surface area (Å²) in [5, 5.41) is 0.690. The van der Waals surface area contributed by atoms with E-state index in [0.29, 0.717) is 46.2 Å². The number of benzene rings is 1. The van der Waals surface area contributed by atoms with E-state index in [9.17, 15) is 22.0 Å². The van der Waals surface area contributed by atoms with Gasteiger partial charge in [-0.2, -0.15) is 13.1 Å². The van der Waals surface area contributed by atoms with Crippen LogP contribution in [0.15, 0.2) is 30.3 Å². The monoisotopic (exact) mass is 639 g/mol. The molecule has 0 radical (unpaired) electrons. The molecule has 4 fully saturated rings. The Balaban J connectivity index is 1.29. The van der Waals surface area contributed by atoms with E-state index in [1.807, 2.05) is 21.6 Å². The number of carbonyl (C=O) groups excluding carboxylic acids is 1. The molecule has 14 heteroatoms. The first-order chi connectivity index (χ1) is 21.5. The van der Waals surface area contributed by atoms with Gasteiger partial charge in [0.2, 0.25) is 10.0 Å². The number of hydrogen-bond donors (Lipinski definition) is 1. The lowest BCUT2D eigenvalue weighted by atomic mass is 9.97. The quantitative estimate of drug-likeness (QED) is 0.267. The summed E-state index contributed by atoms with van der Waals surface area (Å²) < 4.78 is 62.4. The predicted molar refractivity (Wildman–Crippen MR) is 165 cm³/mol. The summed E-state index contributed by atoms with van der Waals surface area (Å²) in [4.78, 5) is 25.4. The van der Waals surface area contributed by atoms with Gasteiger partial charge in [-0.05, 0) is 81.2 Å². The number of rotatable bonds is 9. The molecule has 238 valence electrons. The minimum atomic E-state index is -4.27. The first kappa shape index (κ1) is 28.7. The van der Waals surface area contributed by atoms with Gasteiger partial charge in [0.25, 0.3) is 5.91 Å². The molecule has 2 saturated heterocycles. The van der Waals surface area contributed by atoms with Crippen LogP contribution in [0.25, 0.3) is 33.6 Å². The van der Waals surface area contributed by atoms with E-state index >= 15 is 0 Å². The molecule has 3 atom stereocenters. The SMILES string of the molecule is COc1cc(C(=O)N2[C@H]3CC[C@@H]2[C@H](N)C3)cc2nc(-c3cc4ccc(N(C(F)F)S(C)(=O)=O)nc4n3CC3CC3)n(C3CC3)c12. The molecule has 2 saturated carbocycles. The van der Waals surface area contributed by atoms with Gasteiger partial charge in [0.15, 0.2) is 5.82 Å². The topological polar surface area (TPSA) is 129 Å². The third-order valence-corrected chi connectivity index (χ3v) is 10.9. The molecule has 4 aliphatic rings. The minimum absolute atomic E-state index is 0.00766. The number of aromatic nitrogens is 4. The number of imidazole rings is 1. The Morgan fingerprint density at radius 1 is 1.09 bits per heavy atom. The van der Waals surface area contributed by atoms with Crippen LogP contribution in [-0.2, 0) is 16.6 Å². The Bertz CT molecular complexity index is 1970. The van der Waals surface area contributed by atoms with Crippen LogP contribution in [0.3, 0.4) is 0 Å². The fourth-order valence-electron chi connectivity index (χ4n) is 7.43. The number of hydrogen-bond acceptors (Lipinski definition) is 7. The number of carbonyl (C=O) groups is 1. The highest BCUT2D eigenvalue weighted by atomic mass is 32.2. The number of pyridine rings is 1. The van der Waals surface area contributed by atoms with Crippen molar-refractivity contribution in [3.8, 4) is 17.3 Å². The number of nitrogens with zero attached hydrogens (tertiary/aromatic N) is 6. The van der Waals surface area contributed by atoms with Crippen molar-refractivity contribution < 1.29 is 26.7 Å². The maximum atomic E-state index is 13.9. The van der Waals surface area contributed by atoms with Gasteiger partial charge in [0.1, 0.15) is 22.7 Å². The lowest BCUT2D eigenvalue weighted by Crippen LogP contribution is -2.40. The molecule has 0 unspecified atom stereocenters. The zero-order valence-electron chi connectivity index (χ0n) is 25.1. The zero-order valence-corrected chi connectivity index (χ0v) is 25.9. The lowest BCUT2D eigenvalue weighted by Gasteiger charge is -2.23. The maximum absolute atomic E-state index is 13.9. The van der Waals surface area contributed by atoms with E-state index in [2.05, 4.69) is 9.55 Å². The molecule has 45 heavy (non-hydrogen) atoms. The number of amides is 1. The van der Waals surface area contributed by atoms with E-state index < -0.39 is 16.6 Å². The number of nitrogens with two attached hydrogens (primary N) is 1. The fourth-order valence-corrected chi connectivity index (χ4v) is 8.16. The van der Waals surface area contributed by atoms with Crippen LogP contribution < -0.4 is 14.8 Å². The van der Waals surface area contributed by atoms with Crippen molar-refractivity contribution in [1.29, 1.82) is 0 Å². The molecule has 2 N–H and O–H groups in total. The average Bonchev–Trinajstić information content (AvgIpc) is 3.87. The fraction of sp³-hybridized carbons (Fsp3) is 0.516. The molecular formula is C31H35F2N7O4S. The first-order valence-electron chi connectivity index (χ1n) is 15.5. The second-order valence-corrected chi connectivity index (χ2v) is 14.9. The van der Waals surface area contributed by atoms with Crippen LogP contribution >= 0.6 is 0 Å². The molecule has 5 heterocycles. The van der Waals surface area contributed by atoms with Crippen molar-refractivity contribution in [3.05, 3.63) is 35.9 Å². The molecule has 2 aliphatic heterocycles. The van der Waals surface area contributed by atoms with Crippen molar-refractivity contribution >= 4 is 43.8 Å². The molecule has 8 rings (SSSR count). The predicted octanol–water partition coefficient (Wildman–Crippen LogP) is 4.50. The molecule has 1 amide bonds. The Kier molecular flexibility index (Phi) is 6.44. The summed E-state index contributed by atoms with van der Waals surface area (Å²) in [6, 6.07) is 8.88. The van der Waals surface area contributed by atoms with Gasteiger partial charge in [-0.25, -0.2) is 18.4 Å². The minimum Gasteiger partial charge on any atom is -0.494 e. The highest BCUT2D eigenvalue weighted by Crippen LogP contribution is 2.46. The molecule has 2 bridgehead atoms. The Hall–Kier alpha value is -3.78. The Morgan fingerprint density at radius 2 is 1.84 bits per heavy atom. The van der Waals surface area contributed by atoms with Crippen molar-refractivity contribution in [2.45, 2.75) is 82.2 Å². The molecule has 0 spiro atoms. The summed E-state index contributed by atoms with van der Waals surface area (Å²) in [6.45, 7) is -2.68. The zero-order chi connectivity index (χ0) is 31.4. The van der Waals surface area contributed by atoms with Crippen LogP contribution in [-0.4, -0.2) is 76.4 Å². The number of ether oxygens (including phenoxy) is 1. The highest BCUT2D eigenvalue weighted by Gasteiger charge is 2.47. The van der Waals surface area contributed by atoms with Crippen LogP contribution in [0, 0.1) is 5.92 Å². The number of sulfonamides is 1. The number of halogens is 2. The second-order valence-electron chi connectivity index (χ2n) is 13.0. The number of methoxy groups -OCH3 is 1. The second kappa shape index (κ2) is 10.1. The van der Waals surface area contributed by atoms with Crippen LogP contribution in [0.5, 0.6) is 5.75 Å². The van der Waals surface area contributed by atoms with Crippen LogP contribution in [0.2, 0.25) is 0 Å². The van der Waals surface area contributed by atoms with E-state index in [4.69, 9.17) is 15.5 Å². The van der Waals surface area contributed by atoms with Crippen molar-refractivity contribution in [2.24, 2.45) is 11.7 Å². The molecule has 11 nitrogen and oxygen atoms in total. The number of anilines is 1. The standard InChI is InChI=1S/C31H35F2N7O4S/c1-44-25-13-18(30(41)38-20-8-9-23(38)21(34)14-20)11-22-27(25)39(19-6-7-19)29(35-22)24-12-17-5-10-26(40(31(32)33)45(2,42)43)36-28(17)37(24)15-16-3-4-16/h5,10-13,16,19-21,23,31H,3-4,6-9,14-15,34H2,1-2H3/t20-,21+,23+/m0/s1. The summed E-state index contributed by atoms with van der Waals surface area (Å²) in [5.74, 6) is 1.23. The van der Waals surface area contributed by atoms with Gasteiger partial charge in [-0.3, -0.25) is 4.79 Å². The van der Waals surface area contributed by atoms with E-state index in [0.717, 1.165) is 62.4 Å². The normalized spacial score (nSPS) is 23.2. The van der Waals surface area contributed by atoms with Gasteiger partial charge >= 0.3 is 6.55 Å². The smallest absolute Gasteiger partial charge is 0.329 e. The lowest BCUT2D eigenvalue weighted by molar-refractivity contribution is 0.0726. The van der Waals surface area contributed by atoms with Crippen molar-refractivity contribution in [2.75, 3.05) is 17.7 Å². The molecule has 2 aliphatic carbocycles. The van der Waals surface area contributed by atoms with Gasteiger partial charge in [0.05, 0.1) is 24.6 Å². The first-order valence-corrected chi connectivity index (χ1v) is 17.3. The molecule has 4 aromatic rings. The molecular weight excluding hydrogens is 604 g/mol. The Morgan fingerprint density at radius 3 is 2.44 bits per heavy atom. The van der Waals surface area contributed by atoms with Crippen molar-refractivity contribution in [3.63, 3.8) is 0 Å². The summed E-state index contributed by atoms with van der Waals surface area (Å²) in [6.07, 6.45) is 7.42. The summed E-state index contributed by atoms with van der Waals surface area (Å²) in [7, 11) is -2.68. The maximum Gasteiger partial charge on any atom is 0.329 e. The van der Waals surface area contributed by atoms with Gasteiger partial charge in [-0.15, -0.1) is 0 Å². The van der Waals surface area contributed by atoms with Gasteiger partial charge in [0, 0.05) is 41.7 Å². The summed E-state index contributed by atoms with van der Waals surface area (Å²) in [5.41, 5.74) is 9.45. The van der Waals surface area contributed by atoms with E-state index in [-0.39, 0.29) is 40.2 Å². The Labute approximate surface area is 259 Å². The third-order valence-electron chi connectivity index (χ3n) is 9.80. The van der Waals surface area contributed by atoms with E-state index in [1.54, 1.807) is 19.2 Å². The van der Waals surface area contributed by atoms with Crippen molar-refractivity contribution in [1.82, 2.24) is 24.0 Å². The van der Waals surface area contributed by atoms with E-state index in [1.165, 1.54) is 6.07 Å². The number of fused-ring (bicyclic) bond motifs is 4.